The standard InChI is InChI=1S/C18H18N2O3/c1-20(12-13-5-3-2-4-6-13)18(22)14-7-8-16-15(11-14)19-17(21)9-10-23-16/h2-8,11H,9-10,12H2,1H3,(H,19,21). The van der Waals surface area contributed by atoms with E-state index in [1.54, 1.807) is 30.1 Å². The van der Waals surface area contributed by atoms with Crippen molar-refractivity contribution in [1.82, 2.24) is 4.90 Å². The Balaban J connectivity index is 1.78. The number of anilines is 1. The van der Waals surface area contributed by atoms with Crippen molar-refractivity contribution in [1.29, 1.82) is 0 Å². The minimum absolute atomic E-state index is 0.102. The van der Waals surface area contributed by atoms with E-state index in [1.165, 1.54) is 0 Å². The van der Waals surface area contributed by atoms with Crippen LogP contribution in [0.1, 0.15) is 22.3 Å². The van der Waals surface area contributed by atoms with Crippen LogP contribution in [0.2, 0.25) is 0 Å². The van der Waals surface area contributed by atoms with Crippen molar-refractivity contribution in [2.24, 2.45) is 0 Å². The van der Waals surface area contributed by atoms with Gasteiger partial charge in [-0.2, -0.15) is 0 Å². The van der Waals surface area contributed by atoms with Gasteiger partial charge in [-0.3, -0.25) is 9.59 Å². The third-order valence-electron chi connectivity index (χ3n) is 3.70. The van der Waals surface area contributed by atoms with Crippen molar-refractivity contribution in [3.05, 3.63) is 59.7 Å². The summed E-state index contributed by atoms with van der Waals surface area (Å²) >= 11 is 0. The van der Waals surface area contributed by atoms with Crippen LogP contribution in [0.15, 0.2) is 48.5 Å². The Morgan fingerprint density at radius 2 is 2.00 bits per heavy atom. The van der Waals surface area contributed by atoms with Gasteiger partial charge in [-0.1, -0.05) is 30.3 Å². The Morgan fingerprint density at radius 3 is 2.78 bits per heavy atom. The molecule has 2 aromatic carbocycles. The lowest BCUT2D eigenvalue weighted by Crippen LogP contribution is -2.26. The number of nitrogens with one attached hydrogen (secondary N) is 1. The molecule has 3 rings (SSSR count). The second-order valence-electron chi connectivity index (χ2n) is 5.50. The zero-order valence-electron chi connectivity index (χ0n) is 12.9. The Morgan fingerprint density at radius 1 is 1.22 bits per heavy atom. The van der Waals surface area contributed by atoms with Crippen LogP contribution in [-0.2, 0) is 11.3 Å². The zero-order valence-corrected chi connectivity index (χ0v) is 12.9. The summed E-state index contributed by atoms with van der Waals surface area (Å²) in [5, 5.41) is 2.77. The molecule has 23 heavy (non-hydrogen) atoms. The molecule has 0 spiro atoms. The molecule has 1 heterocycles. The lowest BCUT2D eigenvalue weighted by atomic mass is 10.1. The first-order valence-corrected chi connectivity index (χ1v) is 7.49. The highest BCUT2D eigenvalue weighted by Gasteiger charge is 2.18. The van der Waals surface area contributed by atoms with E-state index in [-0.39, 0.29) is 11.8 Å². The van der Waals surface area contributed by atoms with Gasteiger partial charge in [-0.15, -0.1) is 0 Å². The number of carbonyl (C=O) groups is 2. The zero-order chi connectivity index (χ0) is 16.2. The second-order valence-corrected chi connectivity index (χ2v) is 5.50. The van der Waals surface area contributed by atoms with E-state index in [0.29, 0.717) is 36.6 Å². The summed E-state index contributed by atoms with van der Waals surface area (Å²) in [7, 11) is 1.76. The molecule has 2 amide bonds. The molecule has 0 unspecified atom stereocenters. The van der Waals surface area contributed by atoms with Crippen molar-refractivity contribution in [2.75, 3.05) is 19.0 Å². The number of fused-ring (bicyclic) bond motifs is 1. The first-order valence-electron chi connectivity index (χ1n) is 7.49. The Labute approximate surface area is 134 Å². The fourth-order valence-corrected chi connectivity index (χ4v) is 2.50. The number of hydrogen-bond acceptors (Lipinski definition) is 3. The van der Waals surface area contributed by atoms with Gasteiger partial charge in [0.15, 0.2) is 0 Å². The lowest BCUT2D eigenvalue weighted by molar-refractivity contribution is -0.116. The van der Waals surface area contributed by atoms with E-state index in [1.807, 2.05) is 30.3 Å². The molecule has 0 saturated carbocycles. The largest absolute Gasteiger partial charge is 0.491 e. The third kappa shape index (κ3) is 3.51. The van der Waals surface area contributed by atoms with Gasteiger partial charge in [0.1, 0.15) is 5.75 Å². The molecule has 1 N–H and O–H groups in total. The summed E-state index contributed by atoms with van der Waals surface area (Å²) in [4.78, 5) is 25.8. The molecule has 0 atom stereocenters. The fraction of sp³-hybridized carbons (Fsp3) is 0.222. The molecule has 0 aliphatic carbocycles. The van der Waals surface area contributed by atoms with Gasteiger partial charge in [0.05, 0.1) is 18.7 Å². The number of carbonyl (C=O) groups excluding carboxylic acids is 2. The number of ether oxygens (including phenoxy) is 1. The Kier molecular flexibility index (Phi) is 4.28. The number of benzene rings is 2. The van der Waals surface area contributed by atoms with E-state index in [4.69, 9.17) is 4.74 Å². The van der Waals surface area contributed by atoms with Crippen molar-refractivity contribution < 1.29 is 14.3 Å². The highest BCUT2D eigenvalue weighted by molar-refractivity contribution is 5.98. The van der Waals surface area contributed by atoms with Gasteiger partial charge in [-0.25, -0.2) is 0 Å². The van der Waals surface area contributed by atoms with Crippen molar-refractivity contribution in [2.45, 2.75) is 13.0 Å². The van der Waals surface area contributed by atoms with Crippen molar-refractivity contribution in [3.63, 3.8) is 0 Å². The first kappa shape index (κ1) is 15.1. The predicted octanol–water partition coefficient (Wildman–Crippen LogP) is 2.68. The van der Waals surface area contributed by atoms with Crippen molar-refractivity contribution >= 4 is 17.5 Å². The molecule has 1 aliphatic rings. The summed E-state index contributed by atoms with van der Waals surface area (Å²) in [5.41, 5.74) is 2.13. The van der Waals surface area contributed by atoms with E-state index >= 15 is 0 Å². The fourth-order valence-electron chi connectivity index (χ4n) is 2.50. The lowest BCUT2D eigenvalue weighted by Gasteiger charge is -2.18. The highest BCUT2D eigenvalue weighted by Crippen LogP contribution is 2.28. The first-order chi connectivity index (χ1) is 11.1. The SMILES string of the molecule is CN(Cc1ccccc1)C(=O)c1ccc2c(c1)NC(=O)CCO2. The molecule has 1 aliphatic heterocycles. The number of rotatable bonds is 3. The summed E-state index contributed by atoms with van der Waals surface area (Å²) in [6, 6.07) is 14.9. The number of nitrogens with zero attached hydrogens (tertiary/aromatic N) is 1. The van der Waals surface area contributed by atoms with Crippen LogP contribution >= 0.6 is 0 Å². The molecule has 5 heteroatoms. The molecule has 118 valence electrons. The van der Waals surface area contributed by atoms with Crippen LogP contribution in [0.5, 0.6) is 5.75 Å². The molecule has 5 nitrogen and oxygen atoms in total. The monoisotopic (exact) mass is 310 g/mol. The molecular formula is C18H18N2O3. The van der Waals surface area contributed by atoms with Gasteiger partial charge in [0.2, 0.25) is 5.91 Å². The normalized spacial score (nSPS) is 13.3. The summed E-state index contributed by atoms with van der Waals surface area (Å²) < 4.78 is 5.50. The topological polar surface area (TPSA) is 58.6 Å². The maximum absolute atomic E-state index is 12.6. The summed E-state index contributed by atoms with van der Waals surface area (Å²) in [6.45, 7) is 0.875. The van der Waals surface area contributed by atoms with Crippen molar-refractivity contribution in [3.8, 4) is 5.75 Å². The van der Waals surface area contributed by atoms with Crippen LogP contribution in [0.3, 0.4) is 0 Å². The average molecular weight is 310 g/mol. The predicted molar refractivity (Wildman–Crippen MR) is 87.4 cm³/mol. The Bertz CT molecular complexity index is 728. The van der Waals surface area contributed by atoms with Gasteiger partial charge >= 0.3 is 0 Å². The highest BCUT2D eigenvalue weighted by atomic mass is 16.5. The van der Waals surface area contributed by atoms with Crippen LogP contribution < -0.4 is 10.1 Å². The molecule has 0 saturated heterocycles. The maximum Gasteiger partial charge on any atom is 0.253 e. The second kappa shape index (κ2) is 6.52. The number of amides is 2. The van der Waals surface area contributed by atoms with E-state index < -0.39 is 0 Å². The van der Waals surface area contributed by atoms with Crippen LogP contribution in [0.25, 0.3) is 0 Å². The quantitative estimate of drug-likeness (QED) is 0.948. The van der Waals surface area contributed by atoms with E-state index in [2.05, 4.69) is 5.32 Å². The molecular weight excluding hydrogens is 292 g/mol. The average Bonchev–Trinajstić information content (AvgIpc) is 2.74. The van der Waals surface area contributed by atoms with Crippen LogP contribution in [0, 0.1) is 0 Å². The minimum atomic E-state index is -0.106. The van der Waals surface area contributed by atoms with Crippen LogP contribution in [0.4, 0.5) is 5.69 Å². The molecule has 0 radical (unpaired) electrons. The van der Waals surface area contributed by atoms with Gasteiger partial charge < -0.3 is 15.0 Å². The minimum Gasteiger partial charge on any atom is -0.491 e. The van der Waals surface area contributed by atoms with Gasteiger partial charge in [-0.05, 0) is 23.8 Å². The van der Waals surface area contributed by atoms with E-state index in [0.717, 1.165) is 5.56 Å². The summed E-state index contributed by atoms with van der Waals surface area (Å²) in [5.74, 6) is 0.388. The van der Waals surface area contributed by atoms with Gasteiger partial charge in [0, 0.05) is 19.2 Å². The molecule has 0 bridgehead atoms. The molecule has 0 aromatic heterocycles. The van der Waals surface area contributed by atoms with Gasteiger partial charge in [0.25, 0.3) is 5.91 Å². The number of hydrogen-bond donors (Lipinski definition) is 1. The summed E-state index contributed by atoms with van der Waals surface area (Å²) in [6.07, 6.45) is 0.311. The molecule has 0 fully saturated rings. The van der Waals surface area contributed by atoms with Crippen LogP contribution in [-0.4, -0.2) is 30.4 Å². The van der Waals surface area contributed by atoms with E-state index in [9.17, 15) is 9.59 Å². The molecule has 2 aromatic rings. The third-order valence-corrected chi connectivity index (χ3v) is 3.70. The smallest absolute Gasteiger partial charge is 0.253 e. The maximum atomic E-state index is 12.6. The Hall–Kier alpha value is -2.82.